The van der Waals surface area contributed by atoms with Gasteiger partial charge >= 0.3 is 4.84 Å². The summed E-state index contributed by atoms with van der Waals surface area (Å²) in [5.41, 5.74) is 1.51. The molecule has 3 N–H and O–H groups in total. The molecule has 0 radical (unpaired) electrons. The molecular formula is C23H29N5O3S. The minimum absolute atomic E-state index is 0.0279. The van der Waals surface area contributed by atoms with E-state index in [1.54, 1.807) is 0 Å². The molecular weight excluding hydrogens is 426 g/mol. The smallest absolute Gasteiger partial charge is 0.314 e. The van der Waals surface area contributed by atoms with Crippen molar-refractivity contribution in [1.29, 1.82) is 0 Å². The van der Waals surface area contributed by atoms with E-state index >= 15 is 0 Å². The molecule has 0 bridgehead atoms. The highest BCUT2D eigenvalue weighted by atomic mass is 32.1. The number of hydrogen-bond acceptors (Lipinski definition) is 5. The van der Waals surface area contributed by atoms with Gasteiger partial charge in [0.1, 0.15) is 17.6 Å². The van der Waals surface area contributed by atoms with E-state index in [9.17, 15) is 9.59 Å². The summed E-state index contributed by atoms with van der Waals surface area (Å²) in [6.07, 6.45) is 5.09. The molecule has 1 aromatic carbocycles. The zero-order valence-corrected chi connectivity index (χ0v) is 19.2. The molecule has 0 saturated heterocycles. The topological polar surface area (TPSA) is 105 Å². The first kappa shape index (κ1) is 22.3. The number of nitrogens with one attached hydrogen (secondary N) is 3. The summed E-state index contributed by atoms with van der Waals surface area (Å²) >= 11 is 4.97. The number of rotatable bonds is 8. The first-order chi connectivity index (χ1) is 15.5. The molecule has 2 amide bonds. The van der Waals surface area contributed by atoms with Crippen molar-refractivity contribution in [2.45, 2.75) is 63.5 Å². The maximum absolute atomic E-state index is 13.2. The van der Waals surface area contributed by atoms with E-state index in [2.05, 4.69) is 27.7 Å². The molecule has 3 atom stereocenters. The second-order valence-electron chi connectivity index (χ2n) is 8.44. The zero-order chi connectivity index (χ0) is 22.7. The van der Waals surface area contributed by atoms with E-state index in [-0.39, 0.29) is 28.6 Å². The van der Waals surface area contributed by atoms with Crippen LogP contribution in [-0.2, 0) is 11.8 Å². The number of carbonyl (C=O) groups excluding carboxylic acids is 2. The van der Waals surface area contributed by atoms with E-state index in [1.807, 2.05) is 41.9 Å². The van der Waals surface area contributed by atoms with E-state index in [0.29, 0.717) is 17.9 Å². The van der Waals surface area contributed by atoms with Crippen molar-refractivity contribution >= 4 is 34.9 Å². The molecule has 1 saturated carbocycles. The lowest BCUT2D eigenvalue weighted by molar-refractivity contribution is -0.124. The molecule has 0 unspecified atom stereocenters. The summed E-state index contributed by atoms with van der Waals surface area (Å²) in [6.45, 7) is 2.07. The Morgan fingerprint density at radius 2 is 2.16 bits per heavy atom. The Labute approximate surface area is 191 Å². The number of amides is 2. The van der Waals surface area contributed by atoms with Gasteiger partial charge in [0, 0.05) is 29.9 Å². The lowest BCUT2D eigenvalue weighted by Gasteiger charge is -2.24. The fourth-order valence-corrected chi connectivity index (χ4v) is 4.70. The average molecular weight is 456 g/mol. The van der Waals surface area contributed by atoms with Gasteiger partial charge in [-0.2, -0.15) is 4.98 Å². The van der Waals surface area contributed by atoms with Crippen molar-refractivity contribution in [2.24, 2.45) is 7.05 Å². The van der Waals surface area contributed by atoms with Crippen LogP contribution in [0.15, 0.2) is 34.9 Å². The lowest BCUT2D eigenvalue weighted by Crippen LogP contribution is -2.50. The van der Waals surface area contributed by atoms with Crippen molar-refractivity contribution in [1.82, 2.24) is 25.3 Å². The normalized spacial score (nSPS) is 19.2. The second-order valence-corrected chi connectivity index (χ2v) is 8.78. The minimum atomic E-state index is -0.600. The number of hydrogen-bond donors (Lipinski definition) is 3. The van der Waals surface area contributed by atoms with Gasteiger partial charge in [-0.05, 0) is 43.6 Å². The summed E-state index contributed by atoms with van der Waals surface area (Å²) in [5, 5.41) is 9.89. The minimum Gasteiger partial charge on any atom is -0.351 e. The standard InChI is InChI=1S/C23H29N5O3S/c1-3-4-10-17(25-22(30)19-13-14-8-5-6-12-18(14)28(19)2)21(29)24-16-11-7-9-15(16)20-26-23(32)31-27-20/h5-6,8,12-13,15-17H,3-4,7,9-11H2,1-2H3,(H,24,29)(H,25,30)(H,26,27,32)/t15-,16+,17+/m1/s1. The molecule has 3 aromatic rings. The molecule has 8 nitrogen and oxygen atoms in total. The Balaban J connectivity index is 1.48. The van der Waals surface area contributed by atoms with Crippen molar-refractivity contribution in [3.05, 3.63) is 46.7 Å². The van der Waals surface area contributed by atoms with Crippen LogP contribution < -0.4 is 10.6 Å². The lowest BCUT2D eigenvalue weighted by atomic mass is 10.0. The predicted molar refractivity (Wildman–Crippen MR) is 124 cm³/mol. The van der Waals surface area contributed by atoms with Crippen LogP contribution in [0.2, 0.25) is 0 Å². The Morgan fingerprint density at radius 3 is 2.88 bits per heavy atom. The molecule has 9 heteroatoms. The summed E-state index contributed by atoms with van der Waals surface area (Å²) in [4.78, 5) is 30.7. The van der Waals surface area contributed by atoms with Crippen LogP contribution in [0, 0.1) is 4.84 Å². The number of H-pyrrole nitrogens is 1. The zero-order valence-electron chi connectivity index (χ0n) is 18.4. The highest BCUT2D eigenvalue weighted by molar-refractivity contribution is 7.71. The number of aromatic amines is 1. The number of aromatic nitrogens is 3. The third-order valence-electron chi connectivity index (χ3n) is 6.30. The van der Waals surface area contributed by atoms with Gasteiger partial charge < -0.3 is 19.7 Å². The molecule has 1 fully saturated rings. The molecule has 2 heterocycles. The van der Waals surface area contributed by atoms with Crippen LogP contribution in [0.1, 0.15) is 67.7 Å². The van der Waals surface area contributed by atoms with Crippen LogP contribution in [0.5, 0.6) is 0 Å². The summed E-state index contributed by atoms with van der Waals surface area (Å²) in [5.74, 6) is 0.288. The van der Waals surface area contributed by atoms with E-state index in [1.165, 1.54) is 0 Å². The molecule has 32 heavy (non-hydrogen) atoms. The second kappa shape index (κ2) is 9.68. The number of aryl methyl sites for hydroxylation is 1. The fraction of sp³-hybridized carbons (Fsp3) is 0.478. The Kier molecular flexibility index (Phi) is 6.74. The van der Waals surface area contributed by atoms with Crippen LogP contribution in [-0.4, -0.2) is 38.6 Å². The first-order valence-electron chi connectivity index (χ1n) is 11.2. The number of benzene rings is 1. The highest BCUT2D eigenvalue weighted by Crippen LogP contribution is 2.33. The van der Waals surface area contributed by atoms with Crippen LogP contribution >= 0.6 is 12.2 Å². The van der Waals surface area contributed by atoms with Crippen LogP contribution in [0.25, 0.3) is 10.9 Å². The molecule has 0 aliphatic heterocycles. The number of unbranched alkanes of at least 4 members (excludes halogenated alkanes) is 1. The van der Waals surface area contributed by atoms with Gasteiger partial charge in [-0.3, -0.25) is 9.59 Å². The quantitative estimate of drug-likeness (QED) is 0.446. The molecule has 1 aliphatic rings. The van der Waals surface area contributed by atoms with Crippen LogP contribution in [0.4, 0.5) is 0 Å². The predicted octanol–water partition coefficient (Wildman–Crippen LogP) is 3.96. The van der Waals surface area contributed by atoms with Gasteiger partial charge in [0.2, 0.25) is 5.91 Å². The summed E-state index contributed by atoms with van der Waals surface area (Å²) in [6, 6.07) is 9.03. The van der Waals surface area contributed by atoms with Gasteiger partial charge in [0.05, 0.1) is 0 Å². The monoisotopic (exact) mass is 455 g/mol. The van der Waals surface area contributed by atoms with Gasteiger partial charge in [0.15, 0.2) is 0 Å². The third kappa shape index (κ3) is 4.62. The Hall–Kier alpha value is -2.94. The van der Waals surface area contributed by atoms with Gasteiger partial charge in [-0.25, -0.2) is 5.16 Å². The molecule has 2 aromatic heterocycles. The maximum atomic E-state index is 13.2. The maximum Gasteiger partial charge on any atom is 0.314 e. The van der Waals surface area contributed by atoms with Gasteiger partial charge in [-0.1, -0.05) is 44.4 Å². The van der Waals surface area contributed by atoms with Gasteiger partial charge in [-0.15, -0.1) is 0 Å². The highest BCUT2D eigenvalue weighted by Gasteiger charge is 2.34. The van der Waals surface area contributed by atoms with E-state index in [0.717, 1.165) is 43.0 Å². The molecule has 1 aliphatic carbocycles. The number of fused-ring (bicyclic) bond motifs is 1. The van der Waals surface area contributed by atoms with Crippen molar-refractivity contribution in [3.8, 4) is 0 Å². The third-order valence-corrected chi connectivity index (χ3v) is 6.48. The summed E-state index contributed by atoms with van der Waals surface area (Å²) < 4.78 is 6.94. The van der Waals surface area contributed by atoms with Crippen LogP contribution in [0.3, 0.4) is 0 Å². The average Bonchev–Trinajstić information content (AvgIpc) is 3.50. The summed E-state index contributed by atoms with van der Waals surface area (Å²) in [7, 11) is 1.86. The van der Waals surface area contributed by atoms with E-state index < -0.39 is 6.04 Å². The molecule has 4 rings (SSSR count). The first-order valence-corrected chi connectivity index (χ1v) is 11.6. The SMILES string of the molecule is CCCC[C@H](NC(=O)c1cc2ccccc2n1C)C(=O)N[C@H]1CCC[C@H]1c1nc(=S)o[nH]1. The van der Waals surface area contributed by atoms with Crippen molar-refractivity contribution < 1.29 is 14.1 Å². The Morgan fingerprint density at radius 1 is 1.34 bits per heavy atom. The number of carbonyl (C=O) groups is 2. The Bertz CT molecular complexity index is 1160. The number of nitrogens with zero attached hydrogens (tertiary/aromatic N) is 2. The van der Waals surface area contributed by atoms with Gasteiger partial charge in [0.25, 0.3) is 5.91 Å². The molecule has 0 spiro atoms. The largest absolute Gasteiger partial charge is 0.351 e. The fourth-order valence-electron chi connectivity index (χ4n) is 4.56. The number of para-hydroxylation sites is 1. The van der Waals surface area contributed by atoms with E-state index in [4.69, 9.17) is 16.7 Å². The van der Waals surface area contributed by atoms with Crippen molar-refractivity contribution in [3.63, 3.8) is 0 Å². The molecule has 170 valence electrons. The van der Waals surface area contributed by atoms with Crippen molar-refractivity contribution in [2.75, 3.05) is 0 Å².